The van der Waals surface area contributed by atoms with Gasteiger partial charge in [-0.3, -0.25) is 4.68 Å². The highest BCUT2D eigenvalue weighted by molar-refractivity contribution is 5.04. The van der Waals surface area contributed by atoms with Gasteiger partial charge in [-0.2, -0.15) is 5.10 Å². The van der Waals surface area contributed by atoms with Crippen LogP contribution in [0.1, 0.15) is 25.5 Å². The van der Waals surface area contributed by atoms with Crippen molar-refractivity contribution in [3.05, 3.63) is 18.0 Å². The molecule has 5 nitrogen and oxygen atoms in total. The van der Waals surface area contributed by atoms with Crippen LogP contribution in [0, 0.1) is 0 Å². The second-order valence-electron chi connectivity index (χ2n) is 4.81. The molecule has 0 bridgehead atoms. The molecule has 0 amide bonds. The van der Waals surface area contributed by atoms with Crippen molar-refractivity contribution < 1.29 is 14.6 Å². The Morgan fingerprint density at radius 1 is 1.56 bits per heavy atom. The molecule has 2 rings (SSSR count). The first-order valence-corrected chi connectivity index (χ1v) is 6.54. The van der Waals surface area contributed by atoms with Crippen LogP contribution in [0.2, 0.25) is 0 Å². The lowest BCUT2D eigenvalue weighted by Gasteiger charge is -2.40. The van der Waals surface area contributed by atoms with Crippen LogP contribution in [0.4, 0.5) is 0 Å². The van der Waals surface area contributed by atoms with Gasteiger partial charge in [0.1, 0.15) is 0 Å². The molecule has 1 N–H and O–H groups in total. The average molecular weight is 254 g/mol. The lowest BCUT2D eigenvalue weighted by atomic mass is 9.85. The summed E-state index contributed by atoms with van der Waals surface area (Å²) in [6.45, 7) is 3.88. The second-order valence-corrected chi connectivity index (χ2v) is 4.81. The smallest absolute Gasteiger partial charge is 0.0987 e. The van der Waals surface area contributed by atoms with Crippen molar-refractivity contribution in [1.82, 2.24) is 9.78 Å². The Morgan fingerprint density at radius 2 is 2.28 bits per heavy atom. The summed E-state index contributed by atoms with van der Waals surface area (Å²) in [7, 11) is 1.88. The molecule has 0 aromatic carbocycles. The third kappa shape index (κ3) is 2.91. The Balaban J connectivity index is 2.05. The second kappa shape index (κ2) is 5.82. The minimum Gasteiger partial charge on any atom is -0.390 e. The zero-order valence-electron chi connectivity index (χ0n) is 11.1. The van der Waals surface area contributed by atoms with E-state index in [1.807, 2.05) is 26.2 Å². The molecule has 0 spiro atoms. The summed E-state index contributed by atoms with van der Waals surface area (Å²) in [5.74, 6) is 0. The van der Waals surface area contributed by atoms with Crippen molar-refractivity contribution in [2.45, 2.75) is 37.9 Å². The number of nitrogens with zero attached hydrogens (tertiary/aromatic N) is 2. The van der Waals surface area contributed by atoms with E-state index in [0.29, 0.717) is 26.2 Å². The zero-order valence-corrected chi connectivity index (χ0v) is 11.1. The van der Waals surface area contributed by atoms with Crippen LogP contribution in [0.25, 0.3) is 0 Å². The number of hydrogen-bond acceptors (Lipinski definition) is 4. The summed E-state index contributed by atoms with van der Waals surface area (Å²) in [6.07, 6.45) is 3.38. The van der Waals surface area contributed by atoms with Crippen LogP contribution >= 0.6 is 0 Å². The van der Waals surface area contributed by atoms with Gasteiger partial charge < -0.3 is 14.6 Å². The van der Waals surface area contributed by atoms with Crippen LogP contribution in [-0.4, -0.2) is 46.4 Å². The molecular weight excluding hydrogens is 232 g/mol. The van der Waals surface area contributed by atoms with E-state index < -0.39 is 11.7 Å². The van der Waals surface area contributed by atoms with Gasteiger partial charge in [0.05, 0.1) is 17.4 Å². The molecule has 1 aliphatic heterocycles. The summed E-state index contributed by atoms with van der Waals surface area (Å²) in [5.41, 5.74) is 0.431. The highest BCUT2D eigenvalue weighted by Crippen LogP contribution is 2.30. The maximum absolute atomic E-state index is 10.5. The molecule has 0 aliphatic carbocycles. The van der Waals surface area contributed by atoms with Crippen molar-refractivity contribution in [2.24, 2.45) is 7.05 Å². The fraction of sp³-hybridized carbons (Fsp3) is 0.769. The van der Waals surface area contributed by atoms with Gasteiger partial charge in [-0.25, -0.2) is 0 Å². The normalized spacial score (nSPS) is 20.8. The minimum absolute atomic E-state index is 0.468. The van der Waals surface area contributed by atoms with Crippen LogP contribution in [-0.2, 0) is 22.9 Å². The lowest BCUT2D eigenvalue weighted by molar-refractivity contribution is -0.165. The van der Waals surface area contributed by atoms with E-state index in [9.17, 15) is 5.11 Å². The van der Waals surface area contributed by atoms with E-state index in [1.54, 1.807) is 4.68 Å². The Labute approximate surface area is 108 Å². The first kappa shape index (κ1) is 13.5. The quantitative estimate of drug-likeness (QED) is 0.848. The maximum atomic E-state index is 10.5. The van der Waals surface area contributed by atoms with Gasteiger partial charge in [0.25, 0.3) is 0 Å². The number of hydrogen-bond donors (Lipinski definition) is 1. The summed E-state index contributed by atoms with van der Waals surface area (Å²) in [6, 6.07) is 1.93. The fourth-order valence-corrected chi connectivity index (χ4v) is 2.53. The Kier molecular flexibility index (Phi) is 4.37. The number of ether oxygens (including phenoxy) is 2. The van der Waals surface area contributed by atoms with E-state index >= 15 is 0 Å². The molecule has 1 aliphatic rings. The molecule has 1 aromatic rings. The van der Waals surface area contributed by atoms with Crippen molar-refractivity contribution in [1.29, 1.82) is 0 Å². The van der Waals surface area contributed by atoms with E-state index in [1.165, 1.54) is 0 Å². The predicted octanol–water partition coefficient (Wildman–Crippen LogP) is 0.909. The summed E-state index contributed by atoms with van der Waals surface area (Å²) >= 11 is 0. The molecule has 102 valence electrons. The topological polar surface area (TPSA) is 56.5 Å². The largest absolute Gasteiger partial charge is 0.390 e. The molecule has 1 saturated heterocycles. The minimum atomic E-state index is -0.531. The number of aliphatic hydroxyl groups is 1. The van der Waals surface area contributed by atoms with Gasteiger partial charge in [0.15, 0.2) is 0 Å². The highest BCUT2D eigenvalue weighted by Gasteiger charge is 2.40. The van der Waals surface area contributed by atoms with Crippen molar-refractivity contribution in [3.8, 4) is 0 Å². The predicted molar refractivity (Wildman–Crippen MR) is 67.3 cm³/mol. The van der Waals surface area contributed by atoms with Gasteiger partial charge in [-0.05, 0) is 13.0 Å². The van der Waals surface area contributed by atoms with Gasteiger partial charge in [0.2, 0.25) is 0 Å². The molecular formula is C13H22N2O3. The van der Waals surface area contributed by atoms with Gasteiger partial charge >= 0.3 is 0 Å². The summed E-state index contributed by atoms with van der Waals surface area (Å²) in [4.78, 5) is 0. The van der Waals surface area contributed by atoms with E-state index in [4.69, 9.17) is 9.47 Å². The van der Waals surface area contributed by atoms with Gasteiger partial charge in [-0.1, -0.05) is 0 Å². The van der Waals surface area contributed by atoms with Crippen LogP contribution in [0.15, 0.2) is 12.3 Å². The Hall–Kier alpha value is -0.910. The molecule has 2 heterocycles. The van der Waals surface area contributed by atoms with Crippen molar-refractivity contribution >= 4 is 0 Å². The molecule has 1 aromatic heterocycles. The molecule has 1 unspecified atom stereocenters. The van der Waals surface area contributed by atoms with E-state index in [0.717, 1.165) is 18.5 Å². The lowest BCUT2D eigenvalue weighted by Crippen LogP contribution is -2.50. The fourth-order valence-electron chi connectivity index (χ4n) is 2.53. The Bertz CT molecular complexity index is 367. The van der Waals surface area contributed by atoms with E-state index in [2.05, 4.69) is 5.10 Å². The van der Waals surface area contributed by atoms with Crippen LogP contribution in [0.5, 0.6) is 0 Å². The monoisotopic (exact) mass is 254 g/mol. The van der Waals surface area contributed by atoms with Crippen molar-refractivity contribution in [3.63, 3.8) is 0 Å². The van der Waals surface area contributed by atoms with Crippen molar-refractivity contribution in [2.75, 3.05) is 19.8 Å². The maximum Gasteiger partial charge on any atom is 0.0987 e. The number of aromatic nitrogens is 2. The van der Waals surface area contributed by atoms with Gasteiger partial charge in [-0.15, -0.1) is 0 Å². The van der Waals surface area contributed by atoms with Gasteiger partial charge in [0, 0.05) is 52.3 Å². The molecule has 0 radical (unpaired) electrons. The molecule has 5 heteroatoms. The third-order valence-corrected chi connectivity index (χ3v) is 3.55. The molecule has 0 saturated carbocycles. The highest BCUT2D eigenvalue weighted by atomic mass is 16.5. The summed E-state index contributed by atoms with van der Waals surface area (Å²) < 4.78 is 13.0. The summed E-state index contributed by atoms with van der Waals surface area (Å²) in [5, 5.41) is 14.8. The number of rotatable bonds is 5. The molecule has 1 atom stereocenters. The molecule has 18 heavy (non-hydrogen) atoms. The average Bonchev–Trinajstić information content (AvgIpc) is 2.76. The zero-order chi connectivity index (χ0) is 13.0. The van der Waals surface area contributed by atoms with E-state index in [-0.39, 0.29) is 0 Å². The first-order valence-electron chi connectivity index (χ1n) is 6.54. The standard InChI is InChI=1S/C13H22N2O3/c1-3-18-13(5-8-17-9-6-13)12(16)10-11-4-7-15(2)14-11/h4,7,12,16H,3,5-6,8-10H2,1-2H3. The van der Waals surface area contributed by atoms with Crippen LogP contribution in [0.3, 0.4) is 0 Å². The first-order chi connectivity index (χ1) is 8.66. The number of aryl methyl sites for hydroxylation is 1. The third-order valence-electron chi connectivity index (χ3n) is 3.55. The van der Waals surface area contributed by atoms with Crippen LogP contribution < -0.4 is 0 Å². The molecule has 1 fully saturated rings. The number of aliphatic hydroxyl groups excluding tert-OH is 1. The Morgan fingerprint density at radius 3 is 2.83 bits per heavy atom. The SMILES string of the molecule is CCOC1(C(O)Cc2ccn(C)n2)CCOCC1.